The third-order valence-electron chi connectivity index (χ3n) is 2.43. The molecule has 0 spiro atoms. The minimum atomic E-state index is -0.449. The van der Waals surface area contributed by atoms with Crippen LogP contribution in [0.25, 0.3) is 0 Å². The maximum Gasteiger partial charge on any atom is 0.415 e. The van der Waals surface area contributed by atoms with Crippen molar-refractivity contribution in [3.63, 3.8) is 0 Å². The summed E-state index contributed by atoms with van der Waals surface area (Å²) in [6.45, 7) is 5.59. The quantitative estimate of drug-likeness (QED) is 0.571. The topological polar surface area (TPSA) is 41.9 Å². The molecule has 1 amide bonds. The maximum absolute atomic E-state index is 11.8. The van der Waals surface area contributed by atoms with E-state index in [0.29, 0.717) is 0 Å². The molecular formula is C11H16N2O2. The monoisotopic (exact) mass is 208 g/mol. The molecule has 1 heterocycles. The molecule has 4 nitrogen and oxygen atoms in total. The number of rotatable bonds is 0. The Morgan fingerprint density at radius 1 is 1.53 bits per heavy atom. The second-order valence-corrected chi connectivity index (χ2v) is 4.87. The molecule has 82 valence electrons. The molecule has 15 heavy (non-hydrogen) atoms. The Balaban J connectivity index is 2.01. The lowest BCUT2D eigenvalue weighted by Gasteiger charge is -2.26. The van der Waals surface area contributed by atoms with Gasteiger partial charge >= 0.3 is 6.09 Å². The van der Waals surface area contributed by atoms with E-state index in [9.17, 15) is 4.79 Å². The number of hydrogen-bond donors (Lipinski definition) is 0. The van der Waals surface area contributed by atoms with E-state index < -0.39 is 5.60 Å². The van der Waals surface area contributed by atoms with Crippen LogP contribution in [-0.2, 0) is 4.74 Å². The average Bonchev–Trinajstić information content (AvgIpc) is 2.57. The highest BCUT2D eigenvalue weighted by atomic mass is 16.6. The van der Waals surface area contributed by atoms with Crippen LogP contribution in [0, 0.1) is 0 Å². The van der Waals surface area contributed by atoms with Crippen LogP contribution >= 0.6 is 0 Å². The molecule has 1 aliphatic carbocycles. The van der Waals surface area contributed by atoms with Crippen LogP contribution in [0.1, 0.15) is 27.2 Å². The number of carbonyl (C=O) groups excluding carboxylic acids is 1. The summed E-state index contributed by atoms with van der Waals surface area (Å²) in [5, 5.41) is 0. The summed E-state index contributed by atoms with van der Waals surface area (Å²) in [5.74, 6) is 0. The number of carbonyl (C=O) groups is 1. The SMILES string of the molecule is CC(C)(C)OC(=O)N1C=NC2C=CCC21. The first-order chi connectivity index (χ1) is 6.97. The van der Waals surface area contributed by atoms with Gasteiger partial charge in [-0.15, -0.1) is 0 Å². The minimum absolute atomic E-state index is 0.137. The second-order valence-electron chi connectivity index (χ2n) is 4.87. The van der Waals surface area contributed by atoms with E-state index in [1.54, 1.807) is 11.2 Å². The Morgan fingerprint density at radius 3 is 2.93 bits per heavy atom. The molecular weight excluding hydrogens is 192 g/mol. The molecule has 0 aromatic heterocycles. The summed E-state index contributed by atoms with van der Waals surface area (Å²) < 4.78 is 5.30. The highest BCUT2D eigenvalue weighted by Crippen LogP contribution is 2.25. The summed E-state index contributed by atoms with van der Waals surface area (Å²) in [7, 11) is 0. The third kappa shape index (κ3) is 2.03. The van der Waals surface area contributed by atoms with Gasteiger partial charge < -0.3 is 4.74 Å². The Morgan fingerprint density at radius 2 is 2.27 bits per heavy atom. The van der Waals surface area contributed by atoms with Crippen molar-refractivity contribution in [1.29, 1.82) is 0 Å². The summed E-state index contributed by atoms with van der Waals surface area (Å²) in [6.07, 6.45) is 6.24. The Bertz CT molecular complexity index is 328. The average molecular weight is 208 g/mol. The van der Waals surface area contributed by atoms with Crippen LogP contribution in [0.15, 0.2) is 17.1 Å². The minimum Gasteiger partial charge on any atom is -0.443 e. The van der Waals surface area contributed by atoms with Crippen molar-refractivity contribution in [3.05, 3.63) is 12.2 Å². The van der Waals surface area contributed by atoms with E-state index in [-0.39, 0.29) is 18.2 Å². The molecule has 2 aliphatic rings. The van der Waals surface area contributed by atoms with Gasteiger partial charge in [0, 0.05) is 0 Å². The zero-order valence-corrected chi connectivity index (χ0v) is 9.30. The van der Waals surface area contributed by atoms with E-state index in [0.717, 1.165) is 6.42 Å². The van der Waals surface area contributed by atoms with Crippen molar-refractivity contribution in [2.45, 2.75) is 44.9 Å². The van der Waals surface area contributed by atoms with E-state index in [2.05, 4.69) is 11.1 Å². The molecule has 0 saturated heterocycles. The second kappa shape index (κ2) is 3.36. The lowest BCUT2D eigenvalue weighted by atomic mass is 10.2. The van der Waals surface area contributed by atoms with E-state index in [4.69, 9.17) is 4.74 Å². The summed E-state index contributed by atoms with van der Waals surface area (Å²) in [6, 6.07) is 0.275. The van der Waals surface area contributed by atoms with Gasteiger partial charge in [-0.2, -0.15) is 0 Å². The fraction of sp³-hybridized carbons (Fsp3) is 0.636. The molecule has 2 atom stereocenters. The smallest absolute Gasteiger partial charge is 0.415 e. The standard InChI is InChI=1S/C11H16N2O2/c1-11(2,3)15-10(14)13-7-12-8-5-4-6-9(8)13/h4-5,7-9H,6H2,1-3H3. The van der Waals surface area contributed by atoms with Crippen molar-refractivity contribution in [2.75, 3.05) is 0 Å². The predicted molar refractivity (Wildman–Crippen MR) is 57.9 cm³/mol. The number of amides is 1. The largest absolute Gasteiger partial charge is 0.443 e. The van der Waals surface area contributed by atoms with Crippen LogP contribution < -0.4 is 0 Å². The lowest BCUT2D eigenvalue weighted by Crippen LogP contribution is -2.41. The molecule has 4 heteroatoms. The number of aliphatic imine (C=N–C) groups is 1. The third-order valence-corrected chi connectivity index (χ3v) is 2.43. The molecule has 0 N–H and O–H groups in total. The fourth-order valence-electron chi connectivity index (χ4n) is 1.78. The van der Waals surface area contributed by atoms with Crippen LogP contribution in [0.3, 0.4) is 0 Å². The summed E-state index contributed by atoms with van der Waals surface area (Å²) >= 11 is 0. The first-order valence-corrected chi connectivity index (χ1v) is 5.19. The van der Waals surface area contributed by atoms with Gasteiger partial charge in [0.1, 0.15) is 5.60 Å². The molecule has 2 unspecified atom stereocenters. The zero-order chi connectivity index (χ0) is 11.1. The summed E-state index contributed by atoms with van der Waals surface area (Å²) in [5.41, 5.74) is -0.449. The normalized spacial score (nSPS) is 28.3. The zero-order valence-electron chi connectivity index (χ0n) is 9.30. The van der Waals surface area contributed by atoms with E-state index >= 15 is 0 Å². The molecule has 2 rings (SSSR count). The van der Waals surface area contributed by atoms with Crippen LogP contribution in [0.2, 0.25) is 0 Å². The maximum atomic E-state index is 11.8. The molecule has 0 radical (unpaired) electrons. The van der Waals surface area contributed by atoms with Gasteiger partial charge in [-0.1, -0.05) is 12.2 Å². The van der Waals surface area contributed by atoms with E-state index in [1.165, 1.54) is 0 Å². The molecule has 0 aromatic rings. The Hall–Kier alpha value is -1.32. The number of fused-ring (bicyclic) bond motifs is 1. The molecule has 0 saturated carbocycles. The van der Waals surface area contributed by atoms with Gasteiger partial charge in [0.15, 0.2) is 0 Å². The number of ether oxygens (including phenoxy) is 1. The van der Waals surface area contributed by atoms with Crippen LogP contribution in [0.4, 0.5) is 4.79 Å². The first-order valence-electron chi connectivity index (χ1n) is 5.19. The van der Waals surface area contributed by atoms with Gasteiger partial charge in [0.05, 0.1) is 18.4 Å². The number of nitrogens with zero attached hydrogens (tertiary/aromatic N) is 2. The van der Waals surface area contributed by atoms with Crippen molar-refractivity contribution < 1.29 is 9.53 Å². The van der Waals surface area contributed by atoms with Crippen molar-refractivity contribution in [2.24, 2.45) is 4.99 Å². The lowest BCUT2D eigenvalue weighted by molar-refractivity contribution is 0.0337. The number of hydrogen-bond acceptors (Lipinski definition) is 3. The Labute approximate surface area is 89.6 Å². The van der Waals surface area contributed by atoms with Crippen molar-refractivity contribution >= 4 is 12.4 Å². The van der Waals surface area contributed by atoms with Gasteiger partial charge in [-0.3, -0.25) is 9.89 Å². The fourth-order valence-corrected chi connectivity index (χ4v) is 1.78. The Kier molecular flexibility index (Phi) is 2.29. The molecule has 0 bridgehead atoms. The molecule has 0 fully saturated rings. The molecule has 1 aliphatic heterocycles. The van der Waals surface area contributed by atoms with Gasteiger partial charge in [-0.25, -0.2) is 4.79 Å². The van der Waals surface area contributed by atoms with Gasteiger partial charge in [-0.05, 0) is 27.2 Å². The molecule has 0 aromatic carbocycles. The predicted octanol–water partition coefficient (Wildman–Crippen LogP) is 1.96. The highest BCUT2D eigenvalue weighted by Gasteiger charge is 2.36. The summed E-state index contributed by atoms with van der Waals surface area (Å²) in [4.78, 5) is 17.6. The van der Waals surface area contributed by atoms with Crippen LogP contribution in [-0.4, -0.2) is 35.0 Å². The van der Waals surface area contributed by atoms with Gasteiger partial charge in [0.25, 0.3) is 0 Å². The van der Waals surface area contributed by atoms with Crippen molar-refractivity contribution in [1.82, 2.24) is 4.90 Å². The first kappa shape index (κ1) is 10.2. The van der Waals surface area contributed by atoms with E-state index in [1.807, 2.05) is 26.8 Å². The van der Waals surface area contributed by atoms with Gasteiger partial charge in [0.2, 0.25) is 0 Å². The van der Waals surface area contributed by atoms with Crippen LogP contribution in [0.5, 0.6) is 0 Å². The highest BCUT2D eigenvalue weighted by molar-refractivity contribution is 5.85. The van der Waals surface area contributed by atoms with Crippen molar-refractivity contribution in [3.8, 4) is 0 Å².